The number of likely N-dealkylation sites (tertiary alicyclic amines) is 2. The summed E-state index contributed by atoms with van der Waals surface area (Å²) in [6, 6.07) is 11.2. The highest BCUT2D eigenvalue weighted by atomic mass is 35.5. The summed E-state index contributed by atoms with van der Waals surface area (Å²) in [4.78, 5) is 20.7. The largest absolute Gasteiger partial charge is 0.399 e. The Balaban J connectivity index is 1.07. The fraction of sp³-hybridized carbons (Fsp3) is 0.393. The number of rotatable bonds is 6. The second-order valence-electron chi connectivity index (χ2n) is 9.91. The number of anilines is 1. The Morgan fingerprint density at radius 3 is 2.51 bits per heavy atom. The Morgan fingerprint density at radius 1 is 1.00 bits per heavy atom. The van der Waals surface area contributed by atoms with E-state index in [9.17, 15) is 4.79 Å². The molecule has 2 aromatic carbocycles. The van der Waals surface area contributed by atoms with Crippen LogP contribution in [0.2, 0.25) is 10.0 Å². The Labute approximate surface area is 216 Å². The first-order valence-electron chi connectivity index (χ1n) is 12.5. The monoisotopic (exact) mass is 510 g/mol. The number of aromatic nitrogens is 1. The van der Waals surface area contributed by atoms with E-state index in [0.29, 0.717) is 21.5 Å². The van der Waals surface area contributed by atoms with Crippen LogP contribution in [0.25, 0.3) is 10.9 Å². The highest BCUT2D eigenvalue weighted by Crippen LogP contribution is 2.34. The van der Waals surface area contributed by atoms with Crippen LogP contribution in [-0.4, -0.2) is 53.3 Å². The Hall–Kier alpha value is -2.47. The number of nitrogen functional groups attached to an aromatic ring is 1. The quantitative estimate of drug-likeness (QED) is 0.230. The number of hydrogen-bond donors (Lipinski definition) is 2. The van der Waals surface area contributed by atoms with Crippen LogP contribution in [0.5, 0.6) is 0 Å². The van der Waals surface area contributed by atoms with Crippen LogP contribution < -0.4 is 5.73 Å². The smallest absolute Gasteiger partial charge is 0.187 e. The summed E-state index contributed by atoms with van der Waals surface area (Å²) in [7, 11) is 0. The summed E-state index contributed by atoms with van der Waals surface area (Å²) < 4.78 is 0. The highest BCUT2D eigenvalue weighted by molar-refractivity contribution is 6.42. The van der Waals surface area contributed by atoms with Gasteiger partial charge < -0.3 is 20.5 Å². The lowest BCUT2D eigenvalue weighted by molar-refractivity contribution is 0.104. The molecule has 0 saturated carbocycles. The number of aromatic amines is 1. The molecule has 0 unspecified atom stereocenters. The van der Waals surface area contributed by atoms with Crippen molar-refractivity contribution in [2.45, 2.75) is 31.6 Å². The molecule has 0 amide bonds. The van der Waals surface area contributed by atoms with Crippen molar-refractivity contribution in [2.24, 2.45) is 5.92 Å². The predicted octanol–water partition coefficient (Wildman–Crippen LogP) is 6.34. The van der Waals surface area contributed by atoms with Crippen LogP contribution in [0.1, 0.15) is 47.5 Å². The molecule has 3 N–H and O–H groups in total. The van der Waals surface area contributed by atoms with E-state index in [1.54, 1.807) is 24.3 Å². The molecule has 2 saturated heterocycles. The van der Waals surface area contributed by atoms with Crippen molar-refractivity contribution in [1.29, 1.82) is 0 Å². The van der Waals surface area contributed by atoms with Crippen molar-refractivity contribution in [3.63, 3.8) is 0 Å². The lowest BCUT2D eigenvalue weighted by Crippen LogP contribution is -2.40. The molecule has 0 atom stereocenters. The maximum Gasteiger partial charge on any atom is 0.187 e. The van der Waals surface area contributed by atoms with Gasteiger partial charge in [-0.25, -0.2) is 0 Å². The van der Waals surface area contributed by atoms with E-state index in [-0.39, 0.29) is 5.78 Å². The first kappa shape index (κ1) is 24.2. The van der Waals surface area contributed by atoms with Crippen molar-refractivity contribution in [1.82, 2.24) is 14.8 Å². The van der Waals surface area contributed by atoms with Gasteiger partial charge >= 0.3 is 0 Å². The zero-order chi connectivity index (χ0) is 24.4. The molecule has 1 aromatic heterocycles. The van der Waals surface area contributed by atoms with Crippen LogP contribution in [0.15, 0.2) is 54.9 Å². The molecule has 0 radical (unpaired) electrons. The van der Waals surface area contributed by atoms with Crippen LogP contribution in [0, 0.1) is 5.92 Å². The fourth-order valence-electron chi connectivity index (χ4n) is 5.50. The van der Waals surface area contributed by atoms with E-state index >= 15 is 0 Å². The van der Waals surface area contributed by atoms with Gasteiger partial charge in [0.1, 0.15) is 0 Å². The van der Waals surface area contributed by atoms with E-state index in [1.165, 1.54) is 30.3 Å². The maximum atomic E-state index is 12.4. The van der Waals surface area contributed by atoms with Crippen LogP contribution in [0.4, 0.5) is 5.69 Å². The zero-order valence-electron chi connectivity index (χ0n) is 19.9. The summed E-state index contributed by atoms with van der Waals surface area (Å²) in [6.45, 7) is 5.47. The zero-order valence-corrected chi connectivity index (χ0v) is 21.4. The molecule has 184 valence electrons. The fourth-order valence-corrected chi connectivity index (χ4v) is 5.80. The number of carbonyl (C=O) groups excluding carboxylic acids is 1. The minimum absolute atomic E-state index is 0.0489. The number of ketones is 1. The predicted molar refractivity (Wildman–Crippen MR) is 145 cm³/mol. The number of H-pyrrole nitrogens is 1. The summed E-state index contributed by atoms with van der Waals surface area (Å²) in [5.74, 6) is 1.29. The molecule has 0 bridgehead atoms. The number of fused-ring (bicyclic) bond motifs is 1. The van der Waals surface area contributed by atoms with Gasteiger partial charge in [0.05, 0.1) is 10.0 Å². The normalized spacial score (nSPS) is 18.6. The van der Waals surface area contributed by atoms with E-state index in [1.807, 2.05) is 18.3 Å². The van der Waals surface area contributed by atoms with E-state index in [4.69, 9.17) is 28.9 Å². The number of nitrogens with one attached hydrogen (secondary N) is 1. The molecule has 5 rings (SSSR count). The van der Waals surface area contributed by atoms with Crippen molar-refractivity contribution >= 4 is 45.6 Å². The van der Waals surface area contributed by atoms with E-state index in [0.717, 1.165) is 56.1 Å². The second-order valence-corrected chi connectivity index (χ2v) is 10.7. The van der Waals surface area contributed by atoms with Gasteiger partial charge in [0.15, 0.2) is 5.78 Å². The van der Waals surface area contributed by atoms with Crippen molar-refractivity contribution < 1.29 is 4.79 Å². The molecule has 35 heavy (non-hydrogen) atoms. The summed E-state index contributed by atoms with van der Waals surface area (Å²) >= 11 is 12.0. The molecule has 7 heteroatoms. The molecule has 2 aliphatic heterocycles. The molecule has 0 aliphatic carbocycles. The van der Waals surface area contributed by atoms with Crippen LogP contribution in [-0.2, 0) is 0 Å². The molecular formula is C28H32Cl2N4O. The number of nitrogens with zero attached hydrogens (tertiary/aromatic N) is 2. The van der Waals surface area contributed by atoms with Crippen molar-refractivity contribution in [3.8, 4) is 0 Å². The van der Waals surface area contributed by atoms with E-state index in [2.05, 4.69) is 27.0 Å². The first-order chi connectivity index (χ1) is 17.0. The average molecular weight is 511 g/mol. The minimum atomic E-state index is -0.0489. The number of nitrogens with two attached hydrogens (primary N) is 1. The second kappa shape index (κ2) is 10.7. The van der Waals surface area contributed by atoms with Gasteiger partial charge in [-0.2, -0.15) is 0 Å². The van der Waals surface area contributed by atoms with Gasteiger partial charge in [-0.1, -0.05) is 29.3 Å². The van der Waals surface area contributed by atoms with Crippen molar-refractivity contribution in [3.05, 3.63) is 76.0 Å². The number of halogens is 2. The minimum Gasteiger partial charge on any atom is -0.399 e. The summed E-state index contributed by atoms with van der Waals surface area (Å²) in [5, 5.41) is 2.18. The van der Waals surface area contributed by atoms with Crippen molar-refractivity contribution in [2.75, 3.05) is 38.5 Å². The van der Waals surface area contributed by atoms with Gasteiger partial charge in [0, 0.05) is 60.3 Å². The Bertz CT molecular complexity index is 1220. The molecule has 0 spiro atoms. The van der Waals surface area contributed by atoms with Gasteiger partial charge in [0.25, 0.3) is 0 Å². The summed E-state index contributed by atoms with van der Waals surface area (Å²) in [5.41, 5.74) is 9.88. The third kappa shape index (κ3) is 5.69. The lowest BCUT2D eigenvalue weighted by atomic mass is 9.88. The Kier molecular flexibility index (Phi) is 7.37. The molecule has 2 fully saturated rings. The SMILES string of the molecule is Nc1ccc2c(C3CCN(CC4CCN(/C=C/C(=O)c5ccc(Cl)c(Cl)c5)CC4)CC3)c[nH]c2c1. The molecule has 3 heterocycles. The topological polar surface area (TPSA) is 65.4 Å². The molecule has 5 nitrogen and oxygen atoms in total. The number of hydrogen-bond acceptors (Lipinski definition) is 4. The standard InChI is InChI=1S/C28H32Cl2N4O/c29-25-4-1-21(15-26(25)30)28(35)9-14-33-10-5-19(6-11-33)18-34-12-7-20(8-13-34)24-17-32-27-16-22(31)2-3-23(24)27/h1-4,9,14-17,19-20,32H,5-8,10-13,18,31H2/b14-9+. The van der Waals surface area contributed by atoms with Crippen LogP contribution >= 0.6 is 23.2 Å². The third-order valence-corrected chi connectivity index (χ3v) is 8.31. The van der Waals surface area contributed by atoms with Crippen LogP contribution in [0.3, 0.4) is 0 Å². The van der Waals surface area contributed by atoms with E-state index < -0.39 is 0 Å². The number of benzene rings is 2. The highest BCUT2D eigenvalue weighted by Gasteiger charge is 2.26. The molecule has 3 aromatic rings. The molecule has 2 aliphatic rings. The lowest BCUT2D eigenvalue weighted by Gasteiger charge is -2.37. The average Bonchev–Trinajstić information content (AvgIpc) is 3.28. The summed E-state index contributed by atoms with van der Waals surface area (Å²) in [6.07, 6.45) is 10.5. The number of allylic oxidation sites excluding steroid dienone is 1. The van der Waals surface area contributed by atoms with Gasteiger partial charge in [0.2, 0.25) is 0 Å². The van der Waals surface area contributed by atoms with Gasteiger partial charge in [-0.3, -0.25) is 4.79 Å². The number of carbonyl (C=O) groups is 1. The maximum absolute atomic E-state index is 12.4. The Morgan fingerprint density at radius 2 is 1.77 bits per heavy atom. The van der Waals surface area contributed by atoms with Gasteiger partial charge in [-0.05, 0) is 86.5 Å². The molecular weight excluding hydrogens is 479 g/mol. The third-order valence-electron chi connectivity index (χ3n) is 7.57. The number of piperidine rings is 2. The van der Waals surface area contributed by atoms with Gasteiger partial charge in [-0.15, -0.1) is 0 Å². The first-order valence-corrected chi connectivity index (χ1v) is 13.2.